The lowest BCUT2D eigenvalue weighted by atomic mass is 9.85. The summed E-state index contributed by atoms with van der Waals surface area (Å²) in [4.78, 5) is 36.5. The van der Waals surface area contributed by atoms with E-state index in [-0.39, 0.29) is 24.5 Å². The molecule has 2 fully saturated rings. The average molecular weight is 515 g/mol. The molecule has 0 heterocycles. The molecule has 6 nitrogen and oxygen atoms in total. The number of rotatable bonds is 10. The van der Waals surface area contributed by atoms with Crippen molar-refractivity contribution in [2.24, 2.45) is 29.6 Å². The van der Waals surface area contributed by atoms with Gasteiger partial charge in [-0.15, -0.1) is 0 Å². The SMILES string of the molecule is CNC(=O)C(C[C@@H](C)CC(=O)c1ccc(C#Cc2ccc(CCC3CCC4CC4C3)cc2)cc1)C(=O)NO. The highest BCUT2D eigenvalue weighted by atomic mass is 16.5. The molecule has 2 saturated carbocycles. The molecule has 2 aromatic carbocycles. The molecule has 0 spiro atoms. The predicted molar refractivity (Wildman–Crippen MR) is 146 cm³/mol. The summed E-state index contributed by atoms with van der Waals surface area (Å²) in [7, 11) is 1.43. The lowest BCUT2D eigenvalue weighted by molar-refractivity contribution is -0.141. The van der Waals surface area contributed by atoms with E-state index in [0.717, 1.165) is 35.3 Å². The van der Waals surface area contributed by atoms with E-state index in [1.807, 2.05) is 19.1 Å². The summed E-state index contributed by atoms with van der Waals surface area (Å²) in [6.45, 7) is 1.81. The molecule has 38 heavy (non-hydrogen) atoms. The van der Waals surface area contributed by atoms with Gasteiger partial charge in [0.2, 0.25) is 5.91 Å². The van der Waals surface area contributed by atoms with Crippen LogP contribution in [0.5, 0.6) is 0 Å². The van der Waals surface area contributed by atoms with Crippen molar-refractivity contribution < 1.29 is 19.6 Å². The van der Waals surface area contributed by atoms with Crippen LogP contribution in [0.3, 0.4) is 0 Å². The van der Waals surface area contributed by atoms with Crippen molar-refractivity contribution in [3.05, 3.63) is 70.8 Å². The number of fused-ring (bicyclic) bond motifs is 1. The van der Waals surface area contributed by atoms with Crippen LogP contribution in [0.1, 0.15) is 78.9 Å². The second-order valence-corrected chi connectivity index (χ2v) is 11.1. The molecule has 0 aliphatic heterocycles. The molecule has 0 aromatic heterocycles. The molecule has 4 rings (SSSR count). The Bertz CT molecular complexity index is 1180. The normalized spacial score (nSPS) is 21.2. The molecule has 0 saturated heterocycles. The van der Waals surface area contributed by atoms with E-state index in [1.165, 1.54) is 50.2 Å². The Hall–Kier alpha value is -3.43. The molecule has 200 valence electrons. The Morgan fingerprint density at radius 1 is 0.921 bits per heavy atom. The van der Waals surface area contributed by atoms with Crippen molar-refractivity contribution in [3.8, 4) is 11.8 Å². The minimum absolute atomic E-state index is 0.0714. The number of carbonyl (C=O) groups is 3. The minimum Gasteiger partial charge on any atom is -0.358 e. The van der Waals surface area contributed by atoms with Gasteiger partial charge in [-0.3, -0.25) is 19.6 Å². The van der Waals surface area contributed by atoms with Crippen molar-refractivity contribution >= 4 is 17.6 Å². The second-order valence-electron chi connectivity index (χ2n) is 11.1. The molecule has 5 atom stereocenters. The maximum atomic E-state index is 12.7. The van der Waals surface area contributed by atoms with E-state index in [9.17, 15) is 14.4 Å². The fraction of sp³-hybridized carbons (Fsp3) is 0.469. The van der Waals surface area contributed by atoms with Crippen LogP contribution in [-0.2, 0) is 16.0 Å². The molecule has 2 aliphatic rings. The second kappa shape index (κ2) is 12.9. The lowest BCUT2D eigenvalue weighted by Gasteiger charge is -2.20. The fourth-order valence-electron chi connectivity index (χ4n) is 5.73. The minimum atomic E-state index is -1.05. The van der Waals surface area contributed by atoms with E-state index in [1.54, 1.807) is 12.1 Å². The smallest absolute Gasteiger partial charge is 0.255 e. The predicted octanol–water partition coefficient (Wildman–Crippen LogP) is 4.92. The first-order valence-electron chi connectivity index (χ1n) is 13.8. The van der Waals surface area contributed by atoms with Gasteiger partial charge in [0, 0.05) is 30.2 Å². The van der Waals surface area contributed by atoms with Crippen LogP contribution < -0.4 is 10.8 Å². The van der Waals surface area contributed by atoms with Crippen LogP contribution in [0.4, 0.5) is 0 Å². The highest BCUT2D eigenvalue weighted by Gasteiger charge is 2.41. The summed E-state index contributed by atoms with van der Waals surface area (Å²) < 4.78 is 0. The van der Waals surface area contributed by atoms with Crippen LogP contribution in [0, 0.1) is 41.4 Å². The molecule has 0 radical (unpaired) electrons. The van der Waals surface area contributed by atoms with Gasteiger partial charge in [0.15, 0.2) is 5.78 Å². The Morgan fingerprint density at radius 3 is 2.18 bits per heavy atom. The Morgan fingerprint density at radius 2 is 1.58 bits per heavy atom. The third kappa shape index (κ3) is 7.55. The monoisotopic (exact) mass is 514 g/mol. The number of hydroxylamine groups is 1. The summed E-state index contributed by atoms with van der Waals surface area (Å²) in [6.07, 6.45) is 8.57. The number of carbonyl (C=O) groups excluding carboxylic acids is 3. The number of nitrogens with one attached hydrogen (secondary N) is 2. The summed E-state index contributed by atoms with van der Waals surface area (Å²) in [5.41, 5.74) is 5.26. The van der Waals surface area contributed by atoms with E-state index in [2.05, 4.69) is 41.4 Å². The topological polar surface area (TPSA) is 95.5 Å². The van der Waals surface area contributed by atoms with E-state index >= 15 is 0 Å². The third-order valence-electron chi connectivity index (χ3n) is 8.17. The van der Waals surface area contributed by atoms with Crippen LogP contribution in [-0.4, -0.2) is 29.9 Å². The number of benzene rings is 2. The molecule has 3 N–H and O–H groups in total. The van der Waals surface area contributed by atoms with Gasteiger partial charge in [0.1, 0.15) is 5.92 Å². The molecular weight excluding hydrogens is 476 g/mol. The van der Waals surface area contributed by atoms with Crippen molar-refractivity contribution in [3.63, 3.8) is 0 Å². The Kier molecular flexibility index (Phi) is 9.36. The summed E-state index contributed by atoms with van der Waals surface area (Å²) in [5, 5.41) is 11.3. The maximum absolute atomic E-state index is 12.7. The molecule has 2 amide bonds. The van der Waals surface area contributed by atoms with Crippen LogP contribution >= 0.6 is 0 Å². The van der Waals surface area contributed by atoms with Crippen LogP contribution in [0.25, 0.3) is 0 Å². The van der Waals surface area contributed by atoms with Gasteiger partial charge in [-0.1, -0.05) is 49.5 Å². The summed E-state index contributed by atoms with van der Waals surface area (Å²) >= 11 is 0. The molecule has 6 heteroatoms. The zero-order valence-electron chi connectivity index (χ0n) is 22.3. The molecular formula is C32H38N2O4. The van der Waals surface area contributed by atoms with Crippen molar-refractivity contribution in [2.75, 3.05) is 7.05 Å². The van der Waals surface area contributed by atoms with Gasteiger partial charge in [0.05, 0.1) is 0 Å². The Balaban J connectivity index is 1.26. The number of Topliss-reactive ketones (excluding diaryl/α,β-unsaturated/α-hetero) is 1. The molecule has 4 unspecified atom stereocenters. The van der Waals surface area contributed by atoms with Gasteiger partial charge in [0.25, 0.3) is 5.91 Å². The number of aryl methyl sites for hydroxylation is 1. The van der Waals surface area contributed by atoms with Gasteiger partial charge >= 0.3 is 0 Å². The lowest BCUT2D eigenvalue weighted by Crippen LogP contribution is -2.40. The molecule has 0 bridgehead atoms. The number of ketones is 1. The van der Waals surface area contributed by atoms with Gasteiger partial charge in [-0.2, -0.15) is 0 Å². The quantitative estimate of drug-likeness (QED) is 0.138. The molecule has 2 aliphatic carbocycles. The van der Waals surface area contributed by atoms with Crippen LogP contribution in [0.2, 0.25) is 0 Å². The van der Waals surface area contributed by atoms with Gasteiger partial charge in [-0.25, -0.2) is 5.48 Å². The number of amides is 2. The first kappa shape index (κ1) is 27.6. The fourth-order valence-corrected chi connectivity index (χ4v) is 5.73. The van der Waals surface area contributed by atoms with E-state index in [4.69, 9.17) is 5.21 Å². The highest BCUT2D eigenvalue weighted by molar-refractivity contribution is 6.00. The first-order chi connectivity index (χ1) is 18.4. The largest absolute Gasteiger partial charge is 0.358 e. The van der Waals surface area contributed by atoms with E-state index < -0.39 is 17.7 Å². The van der Waals surface area contributed by atoms with Crippen molar-refractivity contribution in [1.29, 1.82) is 0 Å². The number of hydrogen-bond donors (Lipinski definition) is 3. The summed E-state index contributed by atoms with van der Waals surface area (Å²) in [5.74, 6) is 6.76. The zero-order chi connectivity index (χ0) is 27.1. The molecule has 2 aromatic rings. The van der Waals surface area contributed by atoms with Crippen LogP contribution in [0.15, 0.2) is 48.5 Å². The summed E-state index contributed by atoms with van der Waals surface area (Å²) in [6, 6.07) is 15.7. The van der Waals surface area contributed by atoms with Gasteiger partial charge in [-0.05, 0) is 92.0 Å². The standard InChI is InChI=1S/C32H38N2O4/c1-21(17-29(31(36)33-2)32(37)34-38)18-30(35)26-14-11-24(12-15-26)8-7-22-3-5-23(6-4-22)9-10-25-13-16-27-20-28(27)19-25/h3-6,11-12,14-15,21,25,27-29,38H,9-10,13,16-20H2,1-2H3,(H,33,36)(H,34,37)/t21-,25?,27?,28?,29?/m1/s1. The number of hydrogen-bond acceptors (Lipinski definition) is 4. The zero-order valence-corrected chi connectivity index (χ0v) is 22.3. The van der Waals surface area contributed by atoms with E-state index in [0.29, 0.717) is 5.56 Å². The Labute approximate surface area is 225 Å². The van der Waals surface area contributed by atoms with Gasteiger partial charge < -0.3 is 5.32 Å². The van der Waals surface area contributed by atoms with Crippen molar-refractivity contribution in [2.45, 2.75) is 58.3 Å². The first-order valence-corrected chi connectivity index (χ1v) is 13.8. The maximum Gasteiger partial charge on any atom is 0.255 e. The third-order valence-corrected chi connectivity index (χ3v) is 8.17. The highest BCUT2D eigenvalue weighted by Crippen LogP contribution is 2.52. The van der Waals surface area contributed by atoms with Crippen molar-refractivity contribution in [1.82, 2.24) is 10.8 Å². The average Bonchev–Trinajstić information content (AvgIpc) is 3.72.